The van der Waals surface area contributed by atoms with Crippen LogP contribution in [-0.4, -0.2) is 27.1 Å². The maximum Gasteiger partial charge on any atom is 0.341 e. The smallest absolute Gasteiger partial charge is 0.341 e. The standard InChI is InChI=1S/C12H12ClFN4O2/c1-3-20-11(19)6-4-8(18(2)10(6)15)9-7(14)5-16-12(13)17-9/h4-5H,3,15H2,1-2H3. The number of nitrogens with two attached hydrogens (primary N) is 1. The van der Waals surface area contributed by atoms with Crippen molar-refractivity contribution in [3.8, 4) is 11.4 Å². The molecule has 2 N–H and O–H groups in total. The molecule has 0 atom stereocenters. The van der Waals surface area contributed by atoms with Gasteiger partial charge < -0.3 is 15.0 Å². The van der Waals surface area contributed by atoms with Crippen LogP contribution >= 0.6 is 11.6 Å². The molecule has 0 saturated heterocycles. The minimum atomic E-state index is -0.662. The topological polar surface area (TPSA) is 83.0 Å². The van der Waals surface area contributed by atoms with E-state index < -0.39 is 11.8 Å². The van der Waals surface area contributed by atoms with Crippen LogP contribution in [0.3, 0.4) is 0 Å². The third kappa shape index (κ3) is 2.44. The summed E-state index contributed by atoms with van der Waals surface area (Å²) in [7, 11) is 1.59. The highest BCUT2D eigenvalue weighted by molar-refractivity contribution is 6.28. The van der Waals surface area contributed by atoms with Gasteiger partial charge in [0.25, 0.3) is 0 Å². The number of hydrogen-bond donors (Lipinski definition) is 1. The molecule has 6 nitrogen and oxygen atoms in total. The van der Waals surface area contributed by atoms with Crippen LogP contribution in [0.1, 0.15) is 17.3 Å². The number of aromatic nitrogens is 3. The van der Waals surface area contributed by atoms with E-state index in [9.17, 15) is 9.18 Å². The lowest BCUT2D eigenvalue weighted by Crippen LogP contribution is -2.08. The Morgan fingerprint density at radius 3 is 2.95 bits per heavy atom. The van der Waals surface area contributed by atoms with E-state index in [1.54, 1.807) is 14.0 Å². The van der Waals surface area contributed by atoms with E-state index in [0.29, 0.717) is 5.69 Å². The van der Waals surface area contributed by atoms with Gasteiger partial charge in [-0.3, -0.25) is 0 Å². The highest BCUT2D eigenvalue weighted by atomic mass is 35.5. The molecule has 0 aliphatic heterocycles. The zero-order chi connectivity index (χ0) is 14.9. The first-order valence-electron chi connectivity index (χ1n) is 5.76. The normalized spacial score (nSPS) is 10.6. The maximum absolute atomic E-state index is 13.8. The third-order valence-corrected chi connectivity index (χ3v) is 2.91. The summed E-state index contributed by atoms with van der Waals surface area (Å²) in [6.07, 6.45) is 0.956. The number of nitrogens with zero attached hydrogens (tertiary/aromatic N) is 3. The number of hydrogen-bond acceptors (Lipinski definition) is 5. The van der Waals surface area contributed by atoms with E-state index in [4.69, 9.17) is 22.1 Å². The molecule has 2 heterocycles. The Balaban J connectivity index is 2.56. The van der Waals surface area contributed by atoms with E-state index in [0.717, 1.165) is 6.20 Å². The Bertz CT molecular complexity index is 672. The highest BCUT2D eigenvalue weighted by Gasteiger charge is 2.21. The largest absolute Gasteiger partial charge is 0.462 e. The van der Waals surface area contributed by atoms with E-state index in [1.165, 1.54) is 10.6 Å². The molecule has 0 radical (unpaired) electrons. The Morgan fingerprint density at radius 2 is 2.30 bits per heavy atom. The monoisotopic (exact) mass is 298 g/mol. The van der Waals surface area contributed by atoms with Crippen LogP contribution in [0.2, 0.25) is 5.28 Å². The van der Waals surface area contributed by atoms with Crippen molar-refractivity contribution >= 4 is 23.4 Å². The summed E-state index contributed by atoms with van der Waals surface area (Å²) in [6, 6.07) is 1.41. The summed E-state index contributed by atoms with van der Waals surface area (Å²) in [6.45, 7) is 1.90. The van der Waals surface area contributed by atoms with Crippen LogP contribution in [0.15, 0.2) is 12.3 Å². The molecular formula is C12H12ClFN4O2. The summed E-state index contributed by atoms with van der Waals surface area (Å²) < 4.78 is 20.1. The average molecular weight is 299 g/mol. The van der Waals surface area contributed by atoms with Crippen LogP contribution in [0, 0.1) is 5.82 Å². The predicted molar refractivity (Wildman–Crippen MR) is 71.8 cm³/mol. The molecule has 0 unspecified atom stereocenters. The molecule has 0 spiro atoms. The highest BCUT2D eigenvalue weighted by Crippen LogP contribution is 2.28. The van der Waals surface area contributed by atoms with Crippen LogP contribution in [0.4, 0.5) is 10.2 Å². The number of esters is 1. The average Bonchev–Trinajstić information content (AvgIpc) is 2.70. The molecule has 0 saturated carbocycles. The molecule has 0 aliphatic rings. The fraction of sp³-hybridized carbons (Fsp3) is 0.250. The van der Waals surface area contributed by atoms with Crippen LogP contribution in [0.5, 0.6) is 0 Å². The molecule has 2 aromatic rings. The van der Waals surface area contributed by atoms with Crippen LogP contribution < -0.4 is 5.73 Å². The van der Waals surface area contributed by atoms with Crippen molar-refractivity contribution in [1.82, 2.24) is 14.5 Å². The van der Waals surface area contributed by atoms with E-state index in [-0.39, 0.29) is 29.0 Å². The Kier molecular flexibility index (Phi) is 3.89. The SMILES string of the molecule is CCOC(=O)c1cc(-c2nc(Cl)ncc2F)n(C)c1N. The first-order valence-corrected chi connectivity index (χ1v) is 6.14. The lowest BCUT2D eigenvalue weighted by atomic mass is 10.2. The number of nitrogen functional groups attached to an aromatic ring is 1. The van der Waals surface area contributed by atoms with Crippen molar-refractivity contribution in [1.29, 1.82) is 0 Å². The predicted octanol–water partition coefficient (Wildman–Crippen LogP) is 2.03. The van der Waals surface area contributed by atoms with Crippen molar-refractivity contribution in [2.75, 3.05) is 12.3 Å². The summed E-state index contributed by atoms with van der Waals surface area (Å²) in [5.41, 5.74) is 6.25. The van der Waals surface area contributed by atoms with Gasteiger partial charge in [0.15, 0.2) is 5.82 Å². The minimum absolute atomic E-state index is 0.0326. The Morgan fingerprint density at radius 1 is 1.60 bits per heavy atom. The molecular weight excluding hydrogens is 287 g/mol. The first-order chi connectivity index (χ1) is 9.45. The molecule has 2 aromatic heterocycles. The second kappa shape index (κ2) is 5.46. The second-order valence-electron chi connectivity index (χ2n) is 3.94. The molecule has 0 aromatic carbocycles. The second-order valence-corrected chi connectivity index (χ2v) is 4.28. The van der Waals surface area contributed by atoms with Crippen molar-refractivity contribution in [2.45, 2.75) is 6.92 Å². The van der Waals surface area contributed by atoms with Gasteiger partial charge in [0.2, 0.25) is 5.28 Å². The lowest BCUT2D eigenvalue weighted by molar-refractivity contribution is 0.0527. The molecule has 0 bridgehead atoms. The van der Waals surface area contributed by atoms with Gasteiger partial charge in [0.05, 0.1) is 18.5 Å². The van der Waals surface area contributed by atoms with Gasteiger partial charge >= 0.3 is 5.97 Å². The summed E-state index contributed by atoms with van der Waals surface area (Å²) >= 11 is 5.66. The lowest BCUT2D eigenvalue weighted by Gasteiger charge is -2.05. The fourth-order valence-electron chi connectivity index (χ4n) is 1.74. The van der Waals surface area contributed by atoms with Crippen LogP contribution in [0.25, 0.3) is 11.4 Å². The molecule has 20 heavy (non-hydrogen) atoms. The molecule has 2 rings (SSSR count). The van der Waals surface area contributed by atoms with E-state index in [2.05, 4.69) is 9.97 Å². The number of halogens is 2. The van der Waals surface area contributed by atoms with Gasteiger partial charge in [0.1, 0.15) is 17.1 Å². The number of rotatable bonds is 3. The van der Waals surface area contributed by atoms with Crippen molar-refractivity contribution < 1.29 is 13.9 Å². The summed E-state index contributed by atoms with van der Waals surface area (Å²) in [5, 5.41) is -0.0983. The third-order valence-electron chi connectivity index (χ3n) is 2.73. The number of carbonyl (C=O) groups excluding carboxylic acids is 1. The number of ether oxygens (including phenoxy) is 1. The van der Waals surface area contributed by atoms with Crippen LogP contribution in [-0.2, 0) is 11.8 Å². The summed E-state index contributed by atoms with van der Waals surface area (Å²) in [5.74, 6) is -1.08. The van der Waals surface area contributed by atoms with Gasteiger partial charge in [-0.2, -0.15) is 0 Å². The van der Waals surface area contributed by atoms with E-state index >= 15 is 0 Å². The molecule has 0 aliphatic carbocycles. The van der Waals surface area contributed by atoms with Gasteiger partial charge in [-0.25, -0.2) is 19.2 Å². The quantitative estimate of drug-likeness (QED) is 0.692. The molecule has 8 heteroatoms. The van der Waals surface area contributed by atoms with Crippen molar-refractivity contribution in [3.63, 3.8) is 0 Å². The van der Waals surface area contributed by atoms with Gasteiger partial charge in [-0.05, 0) is 24.6 Å². The zero-order valence-corrected chi connectivity index (χ0v) is 11.6. The van der Waals surface area contributed by atoms with Gasteiger partial charge in [-0.1, -0.05) is 0 Å². The molecule has 106 valence electrons. The molecule has 0 fully saturated rings. The minimum Gasteiger partial charge on any atom is -0.462 e. The van der Waals surface area contributed by atoms with Gasteiger partial charge in [-0.15, -0.1) is 0 Å². The zero-order valence-electron chi connectivity index (χ0n) is 10.9. The van der Waals surface area contributed by atoms with E-state index in [1.807, 2.05) is 0 Å². The Hall–Kier alpha value is -2.15. The maximum atomic E-state index is 13.8. The Labute approximate surface area is 119 Å². The first kappa shape index (κ1) is 14.3. The number of anilines is 1. The number of carbonyl (C=O) groups is 1. The van der Waals surface area contributed by atoms with Crippen molar-refractivity contribution in [2.24, 2.45) is 7.05 Å². The van der Waals surface area contributed by atoms with Gasteiger partial charge in [0, 0.05) is 7.05 Å². The van der Waals surface area contributed by atoms with Crippen molar-refractivity contribution in [3.05, 3.63) is 28.9 Å². The fourth-order valence-corrected chi connectivity index (χ4v) is 1.88. The summed E-state index contributed by atoms with van der Waals surface area (Å²) in [4.78, 5) is 19.1. The molecule has 0 amide bonds.